The van der Waals surface area contributed by atoms with Crippen molar-refractivity contribution in [3.63, 3.8) is 0 Å². The fourth-order valence-electron chi connectivity index (χ4n) is 3.96. The van der Waals surface area contributed by atoms with Crippen molar-refractivity contribution < 1.29 is 36.2 Å². The van der Waals surface area contributed by atoms with Crippen molar-refractivity contribution in [2.75, 3.05) is 24.8 Å². The van der Waals surface area contributed by atoms with Gasteiger partial charge in [0.05, 0.1) is 37.5 Å². The van der Waals surface area contributed by atoms with Gasteiger partial charge in [-0.05, 0) is 42.3 Å². The molecule has 0 fully saturated rings. The van der Waals surface area contributed by atoms with Gasteiger partial charge in [0, 0.05) is 13.1 Å². The van der Waals surface area contributed by atoms with Crippen molar-refractivity contribution in [3.05, 3.63) is 53.3 Å². The standard InChI is InChI=1S/C23H25F3N6O5S/c1-14(12-33)32-13-27-30-21(32)18-4-3-5-20(28-18)29-22(34)17-8-15-10-31(11-16(15)9-19(17)37-2)38(35,36)7-6-23(24,25)26/h3-5,8-9,13-14,33H,6-7,10-12H2,1-2H3,(H,28,29,34)/t14-/m1/s1. The molecule has 38 heavy (non-hydrogen) atoms. The first-order valence-corrected chi connectivity index (χ1v) is 13.1. The SMILES string of the molecule is COc1cc2c(cc1C(=O)Nc1cccc(-c3nncn3[C@H](C)CO)n1)CN(S(=O)(=O)CCC(F)(F)F)C2. The van der Waals surface area contributed by atoms with E-state index < -0.39 is 34.3 Å². The van der Waals surface area contributed by atoms with E-state index in [-0.39, 0.29) is 42.9 Å². The summed E-state index contributed by atoms with van der Waals surface area (Å²) in [6, 6.07) is 7.56. The van der Waals surface area contributed by atoms with Gasteiger partial charge in [0.2, 0.25) is 10.0 Å². The summed E-state index contributed by atoms with van der Waals surface area (Å²) in [5.41, 5.74) is 1.53. The Bertz CT molecular complexity index is 1440. The summed E-state index contributed by atoms with van der Waals surface area (Å²) < 4.78 is 70.6. The van der Waals surface area contributed by atoms with E-state index in [1.807, 2.05) is 0 Å². The van der Waals surface area contributed by atoms with Crippen molar-refractivity contribution in [1.82, 2.24) is 24.1 Å². The Morgan fingerprint density at radius 2 is 1.95 bits per heavy atom. The predicted octanol–water partition coefficient (Wildman–Crippen LogP) is 2.75. The molecule has 0 saturated carbocycles. The first-order chi connectivity index (χ1) is 17.9. The molecule has 0 aliphatic carbocycles. The van der Waals surface area contributed by atoms with Crippen LogP contribution >= 0.6 is 0 Å². The number of rotatable bonds is 9. The Balaban J connectivity index is 1.54. The second-order valence-electron chi connectivity index (χ2n) is 8.73. The van der Waals surface area contributed by atoms with E-state index in [0.29, 0.717) is 22.6 Å². The highest BCUT2D eigenvalue weighted by molar-refractivity contribution is 7.89. The highest BCUT2D eigenvalue weighted by Crippen LogP contribution is 2.33. The third-order valence-corrected chi connectivity index (χ3v) is 7.79. The predicted molar refractivity (Wildman–Crippen MR) is 130 cm³/mol. The number of fused-ring (bicyclic) bond motifs is 1. The van der Waals surface area contributed by atoms with E-state index in [0.717, 1.165) is 4.31 Å². The Labute approximate surface area is 216 Å². The first-order valence-electron chi connectivity index (χ1n) is 11.5. The summed E-state index contributed by atoms with van der Waals surface area (Å²) in [5.74, 6) is -0.884. The van der Waals surface area contributed by atoms with Gasteiger partial charge in [0.1, 0.15) is 23.6 Å². The average molecular weight is 555 g/mol. The Kier molecular flexibility index (Phi) is 7.71. The average Bonchev–Trinajstić information content (AvgIpc) is 3.53. The van der Waals surface area contributed by atoms with Gasteiger partial charge < -0.3 is 19.7 Å². The van der Waals surface area contributed by atoms with E-state index in [1.54, 1.807) is 29.7 Å². The van der Waals surface area contributed by atoms with Crippen LogP contribution in [0.4, 0.5) is 19.0 Å². The molecule has 1 aliphatic heterocycles. The molecule has 0 saturated heterocycles. The maximum absolute atomic E-state index is 13.2. The smallest absolute Gasteiger partial charge is 0.390 e. The van der Waals surface area contributed by atoms with Crippen molar-refractivity contribution >= 4 is 21.7 Å². The van der Waals surface area contributed by atoms with Gasteiger partial charge in [-0.3, -0.25) is 4.79 Å². The number of hydrogen-bond donors (Lipinski definition) is 2. The molecule has 3 heterocycles. The number of anilines is 1. The minimum absolute atomic E-state index is 0.102. The third-order valence-electron chi connectivity index (χ3n) is 6.03. The number of alkyl halides is 3. The fourth-order valence-corrected chi connectivity index (χ4v) is 5.38. The van der Waals surface area contributed by atoms with Crippen molar-refractivity contribution in [2.24, 2.45) is 0 Å². The number of aliphatic hydroxyl groups excluding tert-OH is 1. The summed E-state index contributed by atoms with van der Waals surface area (Å²) in [7, 11) is -2.82. The fraction of sp³-hybridized carbons (Fsp3) is 0.391. The van der Waals surface area contributed by atoms with Crippen LogP contribution in [0.25, 0.3) is 11.5 Å². The first kappa shape index (κ1) is 27.5. The quantitative estimate of drug-likeness (QED) is 0.412. The van der Waals surface area contributed by atoms with Gasteiger partial charge in [-0.2, -0.15) is 17.5 Å². The van der Waals surface area contributed by atoms with Gasteiger partial charge in [0.25, 0.3) is 5.91 Å². The van der Waals surface area contributed by atoms with Crippen LogP contribution in [0.3, 0.4) is 0 Å². The lowest BCUT2D eigenvalue weighted by Gasteiger charge is -2.16. The molecule has 0 radical (unpaired) electrons. The number of sulfonamides is 1. The third kappa shape index (κ3) is 5.95. The van der Waals surface area contributed by atoms with Crippen LogP contribution in [-0.2, 0) is 23.1 Å². The summed E-state index contributed by atoms with van der Waals surface area (Å²) in [6.07, 6.45) is -4.57. The molecule has 15 heteroatoms. The maximum Gasteiger partial charge on any atom is 0.390 e. The van der Waals surface area contributed by atoms with E-state index in [9.17, 15) is 31.5 Å². The summed E-state index contributed by atoms with van der Waals surface area (Å²) in [6.45, 7) is 1.36. The molecule has 4 rings (SSSR count). The second kappa shape index (κ2) is 10.7. The lowest BCUT2D eigenvalue weighted by molar-refractivity contribution is -0.130. The Hall–Kier alpha value is -3.56. The molecule has 11 nitrogen and oxygen atoms in total. The molecule has 0 spiro atoms. The van der Waals surface area contributed by atoms with E-state index in [2.05, 4.69) is 20.5 Å². The van der Waals surface area contributed by atoms with E-state index in [1.165, 1.54) is 25.6 Å². The van der Waals surface area contributed by atoms with Crippen LogP contribution in [-0.4, -0.2) is 69.1 Å². The van der Waals surface area contributed by atoms with Crippen molar-refractivity contribution in [1.29, 1.82) is 0 Å². The molecule has 3 aromatic rings. The largest absolute Gasteiger partial charge is 0.496 e. The van der Waals surface area contributed by atoms with Gasteiger partial charge >= 0.3 is 6.18 Å². The van der Waals surface area contributed by atoms with Crippen LogP contribution in [0, 0.1) is 0 Å². The van der Waals surface area contributed by atoms with Crippen LogP contribution in [0.1, 0.15) is 40.9 Å². The van der Waals surface area contributed by atoms with Gasteiger partial charge in [-0.25, -0.2) is 13.4 Å². The number of aliphatic hydroxyl groups is 1. The molecular weight excluding hydrogens is 529 g/mol. The number of nitrogens with zero attached hydrogens (tertiary/aromatic N) is 5. The number of pyridine rings is 1. The summed E-state index contributed by atoms with van der Waals surface area (Å²) in [5, 5.41) is 20.0. The minimum Gasteiger partial charge on any atom is -0.496 e. The normalized spacial score (nSPS) is 14.8. The topological polar surface area (TPSA) is 140 Å². The van der Waals surface area contributed by atoms with Crippen LogP contribution < -0.4 is 10.1 Å². The molecule has 2 aromatic heterocycles. The molecule has 0 unspecified atom stereocenters. The zero-order valence-electron chi connectivity index (χ0n) is 20.4. The van der Waals surface area contributed by atoms with Gasteiger partial charge in [-0.1, -0.05) is 6.07 Å². The number of halogens is 3. The number of hydrogen-bond acceptors (Lipinski definition) is 8. The number of carbonyl (C=O) groups excluding carboxylic acids is 1. The summed E-state index contributed by atoms with van der Waals surface area (Å²) in [4.78, 5) is 17.6. The molecule has 1 aliphatic rings. The van der Waals surface area contributed by atoms with E-state index in [4.69, 9.17) is 4.74 Å². The molecule has 2 N–H and O–H groups in total. The highest BCUT2D eigenvalue weighted by atomic mass is 32.2. The second-order valence-corrected chi connectivity index (χ2v) is 10.8. The van der Waals surface area contributed by atoms with Gasteiger partial charge in [0.15, 0.2) is 5.82 Å². The van der Waals surface area contributed by atoms with E-state index >= 15 is 0 Å². The zero-order chi connectivity index (χ0) is 27.7. The maximum atomic E-state index is 13.2. The summed E-state index contributed by atoms with van der Waals surface area (Å²) >= 11 is 0. The number of nitrogens with one attached hydrogen (secondary N) is 1. The van der Waals surface area contributed by atoms with Crippen LogP contribution in [0.5, 0.6) is 5.75 Å². The van der Waals surface area contributed by atoms with Crippen LogP contribution in [0.15, 0.2) is 36.7 Å². The molecule has 1 aromatic carbocycles. The molecule has 1 amide bonds. The van der Waals surface area contributed by atoms with Crippen molar-refractivity contribution in [3.8, 4) is 17.3 Å². The number of ether oxygens (including phenoxy) is 1. The molecular formula is C23H25F3N6O5S. The van der Waals surface area contributed by atoms with Gasteiger partial charge in [-0.15, -0.1) is 10.2 Å². The minimum atomic E-state index is -4.59. The number of carbonyl (C=O) groups is 1. The number of amides is 1. The lowest BCUT2D eigenvalue weighted by Crippen LogP contribution is -2.30. The molecule has 1 atom stereocenters. The Morgan fingerprint density at radius 3 is 2.61 bits per heavy atom. The zero-order valence-corrected chi connectivity index (χ0v) is 21.3. The molecule has 0 bridgehead atoms. The number of benzene rings is 1. The monoisotopic (exact) mass is 554 g/mol. The number of aromatic nitrogens is 4. The lowest BCUT2D eigenvalue weighted by atomic mass is 10.0. The highest BCUT2D eigenvalue weighted by Gasteiger charge is 2.35. The Morgan fingerprint density at radius 1 is 1.24 bits per heavy atom. The molecule has 204 valence electrons. The number of methoxy groups -OCH3 is 1. The van der Waals surface area contributed by atoms with Crippen LogP contribution in [0.2, 0.25) is 0 Å². The van der Waals surface area contributed by atoms with Crippen molar-refractivity contribution in [2.45, 2.75) is 38.7 Å².